The van der Waals surface area contributed by atoms with Crippen molar-refractivity contribution in [2.75, 3.05) is 11.1 Å². The molecule has 0 unspecified atom stereocenters. The van der Waals surface area contributed by atoms with E-state index in [1.807, 2.05) is 60.0 Å². The molecule has 0 saturated heterocycles. The molecule has 3 nitrogen and oxygen atoms in total. The number of aromatic nitrogens is 1. The zero-order valence-electron chi connectivity index (χ0n) is 13.4. The SMILES string of the molecule is CCCSc1ccccc1C(=O)Nc1nc(-c2ccccc2)cs1. The number of anilines is 1. The zero-order chi connectivity index (χ0) is 16.8. The molecule has 5 heteroatoms. The molecule has 1 aromatic heterocycles. The van der Waals surface area contributed by atoms with E-state index < -0.39 is 0 Å². The van der Waals surface area contributed by atoms with Gasteiger partial charge in [-0.2, -0.15) is 0 Å². The van der Waals surface area contributed by atoms with E-state index in [-0.39, 0.29) is 5.91 Å². The molecule has 1 N–H and O–H groups in total. The number of benzene rings is 2. The van der Waals surface area contributed by atoms with Crippen LogP contribution in [0.25, 0.3) is 11.3 Å². The van der Waals surface area contributed by atoms with E-state index in [4.69, 9.17) is 0 Å². The molecule has 1 amide bonds. The van der Waals surface area contributed by atoms with E-state index in [1.54, 1.807) is 11.8 Å². The van der Waals surface area contributed by atoms with Gasteiger partial charge in [-0.05, 0) is 24.3 Å². The quantitative estimate of drug-likeness (QED) is 0.589. The average Bonchev–Trinajstić information content (AvgIpc) is 3.09. The normalized spacial score (nSPS) is 10.5. The molecule has 0 radical (unpaired) electrons. The van der Waals surface area contributed by atoms with Gasteiger partial charge in [-0.25, -0.2) is 4.98 Å². The molecule has 122 valence electrons. The van der Waals surface area contributed by atoms with Crippen molar-refractivity contribution in [2.24, 2.45) is 0 Å². The molecule has 0 aliphatic carbocycles. The zero-order valence-corrected chi connectivity index (χ0v) is 15.0. The largest absolute Gasteiger partial charge is 0.298 e. The van der Waals surface area contributed by atoms with Crippen molar-refractivity contribution in [3.05, 3.63) is 65.5 Å². The summed E-state index contributed by atoms with van der Waals surface area (Å²) < 4.78 is 0. The molecule has 3 rings (SSSR count). The van der Waals surface area contributed by atoms with E-state index in [9.17, 15) is 4.79 Å². The van der Waals surface area contributed by atoms with Crippen LogP contribution in [0.2, 0.25) is 0 Å². The molecule has 0 atom stereocenters. The van der Waals surface area contributed by atoms with E-state index in [0.29, 0.717) is 10.7 Å². The highest BCUT2D eigenvalue weighted by Crippen LogP contribution is 2.27. The van der Waals surface area contributed by atoms with E-state index in [0.717, 1.165) is 28.3 Å². The second-order valence-electron chi connectivity index (χ2n) is 5.20. The van der Waals surface area contributed by atoms with Gasteiger partial charge < -0.3 is 0 Å². The highest BCUT2D eigenvalue weighted by atomic mass is 32.2. The summed E-state index contributed by atoms with van der Waals surface area (Å²) in [4.78, 5) is 18.1. The summed E-state index contributed by atoms with van der Waals surface area (Å²) in [5, 5.41) is 5.50. The summed E-state index contributed by atoms with van der Waals surface area (Å²) >= 11 is 3.15. The summed E-state index contributed by atoms with van der Waals surface area (Å²) in [7, 11) is 0. The minimum atomic E-state index is -0.108. The monoisotopic (exact) mass is 354 g/mol. The molecule has 0 aliphatic heterocycles. The molecule has 3 aromatic rings. The van der Waals surface area contributed by atoms with Crippen molar-refractivity contribution < 1.29 is 4.79 Å². The lowest BCUT2D eigenvalue weighted by molar-refractivity contribution is 0.102. The molecule has 0 bridgehead atoms. The van der Waals surface area contributed by atoms with Crippen molar-refractivity contribution in [1.82, 2.24) is 4.98 Å². The Labute approximate surface area is 150 Å². The fourth-order valence-corrected chi connectivity index (χ4v) is 3.86. The predicted molar refractivity (Wildman–Crippen MR) is 103 cm³/mol. The highest BCUT2D eigenvalue weighted by Gasteiger charge is 2.13. The Kier molecular flexibility index (Phi) is 5.67. The third-order valence-electron chi connectivity index (χ3n) is 3.39. The Morgan fingerprint density at radius 1 is 1.12 bits per heavy atom. The van der Waals surface area contributed by atoms with Crippen molar-refractivity contribution in [1.29, 1.82) is 0 Å². The number of carbonyl (C=O) groups is 1. The Hall–Kier alpha value is -2.11. The van der Waals surface area contributed by atoms with Gasteiger partial charge in [0.05, 0.1) is 11.3 Å². The minimum Gasteiger partial charge on any atom is -0.298 e. The lowest BCUT2D eigenvalue weighted by Crippen LogP contribution is -2.12. The van der Waals surface area contributed by atoms with E-state index in [2.05, 4.69) is 17.2 Å². The third kappa shape index (κ3) is 4.04. The fraction of sp³-hybridized carbons (Fsp3) is 0.158. The average molecular weight is 354 g/mol. The van der Waals surface area contributed by atoms with Gasteiger partial charge in [-0.1, -0.05) is 49.4 Å². The summed E-state index contributed by atoms with van der Waals surface area (Å²) in [5.41, 5.74) is 2.63. The number of amides is 1. The molecule has 0 aliphatic rings. The third-order valence-corrected chi connectivity index (χ3v) is 5.42. The van der Waals surface area contributed by atoms with E-state index >= 15 is 0 Å². The van der Waals surface area contributed by atoms with Gasteiger partial charge in [0, 0.05) is 15.8 Å². The molecule has 24 heavy (non-hydrogen) atoms. The standard InChI is InChI=1S/C19H18N2OS2/c1-2-12-23-17-11-7-6-10-15(17)18(22)21-19-20-16(13-24-19)14-8-4-3-5-9-14/h3-11,13H,2,12H2,1H3,(H,20,21,22). The first-order valence-corrected chi connectivity index (χ1v) is 9.68. The van der Waals surface area contributed by atoms with Gasteiger partial charge in [0.1, 0.15) is 0 Å². The van der Waals surface area contributed by atoms with Gasteiger partial charge in [0.15, 0.2) is 5.13 Å². The smallest absolute Gasteiger partial charge is 0.258 e. The maximum atomic E-state index is 12.6. The van der Waals surface area contributed by atoms with Crippen molar-refractivity contribution in [3.63, 3.8) is 0 Å². The minimum absolute atomic E-state index is 0.108. The lowest BCUT2D eigenvalue weighted by Gasteiger charge is -2.07. The number of hydrogen-bond acceptors (Lipinski definition) is 4. The van der Waals surface area contributed by atoms with Crippen LogP contribution in [-0.4, -0.2) is 16.6 Å². The Morgan fingerprint density at radius 2 is 1.88 bits per heavy atom. The molecule has 2 aromatic carbocycles. The molecule has 1 heterocycles. The summed E-state index contributed by atoms with van der Waals surface area (Å²) in [6.45, 7) is 2.14. The first-order valence-electron chi connectivity index (χ1n) is 7.82. The maximum Gasteiger partial charge on any atom is 0.258 e. The number of nitrogens with one attached hydrogen (secondary N) is 1. The Bertz CT molecular complexity index is 815. The van der Waals surface area contributed by atoms with Gasteiger partial charge in [0.2, 0.25) is 0 Å². The highest BCUT2D eigenvalue weighted by molar-refractivity contribution is 7.99. The molecule has 0 fully saturated rings. The second kappa shape index (κ2) is 8.13. The number of carbonyl (C=O) groups excluding carboxylic acids is 1. The van der Waals surface area contributed by atoms with Crippen LogP contribution in [0.1, 0.15) is 23.7 Å². The summed E-state index contributed by atoms with van der Waals surface area (Å²) in [6.07, 6.45) is 1.08. The second-order valence-corrected chi connectivity index (χ2v) is 7.20. The number of thiazole rings is 1. The van der Waals surface area contributed by atoms with Crippen LogP contribution in [0.15, 0.2) is 64.9 Å². The first kappa shape index (κ1) is 16.7. The predicted octanol–water partition coefficient (Wildman–Crippen LogP) is 5.56. The molecular weight excluding hydrogens is 336 g/mol. The van der Waals surface area contributed by atoms with Gasteiger partial charge in [-0.15, -0.1) is 23.1 Å². The molecular formula is C19H18N2OS2. The van der Waals surface area contributed by atoms with Gasteiger partial charge in [-0.3, -0.25) is 10.1 Å². The molecule has 0 saturated carbocycles. The van der Waals surface area contributed by atoms with Gasteiger partial charge in [0.25, 0.3) is 5.91 Å². The molecule has 0 spiro atoms. The number of rotatable bonds is 6. The fourth-order valence-electron chi connectivity index (χ4n) is 2.23. The van der Waals surface area contributed by atoms with Crippen molar-refractivity contribution in [3.8, 4) is 11.3 Å². The van der Waals surface area contributed by atoms with E-state index in [1.165, 1.54) is 11.3 Å². The van der Waals surface area contributed by atoms with Crippen LogP contribution in [-0.2, 0) is 0 Å². The number of nitrogens with zero attached hydrogens (tertiary/aromatic N) is 1. The van der Waals surface area contributed by atoms with Crippen LogP contribution in [0.4, 0.5) is 5.13 Å². The topological polar surface area (TPSA) is 42.0 Å². The number of hydrogen-bond donors (Lipinski definition) is 1. The first-order chi connectivity index (χ1) is 11.8. The van der Waals surface area contributed by atoms with Crippen molar-refractivity contribution >= 4 is 34.1 Å². The van der Waals surface area contributed by atoms with Crippen LogP contribution in [0.5, 0.6) is 0 Å². The Balaban J connectivity index is 1.75. The van der Waals surface area contributed by atoms with Crippen LogP contribution in [0.3, 0.4) is 0 Å². The lowest BCUT2D eigenvalue weighted by atomic mass is 10.2. The number of thioether (sulfide) groups is 1. The van der Waals surface area contributed by atoms with Crippen LogP contribution < -0.4 is 5.32 Å². The summed E-state index contributed by atoms with van der Waals surface area (Å²) in [5.74, 6) is 0.892. The summed E-state index contributed by atoms with van der Waals surface area (Å²) in [6, 6.07) is 17.7. The van der Waals surface area contributed by atoms with Crippen LogP contribution >= 0.6 is 23.1 Å². The Morgan fingerprint density at radius 3 is 2.67 bits per heavy atom. The van der Waals surface area contributed by atoms with Crippen molar-refractivity contribution in [2.45, 2.75) is 18.2 Å². The van der Waals surface area contributed by atoms with Gasteiger partial charge >= 0.3 is 0 Å². The maximum absolute atomic E-state index is 12.6. The van der Waals surface area contributed by atoms with Crippen LogP contribution in [0, 0.1) is 0 Å².